The molecule has 0 aliphatic rings. The Balaban J connectivity index is 2.73. The number of aromatic nitrogens is 2. The van der Waals surface area contributed by atoms with Gasteiger partial charge in [-0.1, -0.05) is 0 Å². The molecule has 1 N–H and O–H groups in total. The van der Waals surface area contributed by atoms with Crippen LogP contribution in [0.15, 0.2) is 18.5 Å². The lowest BCUT2D eigenvalue weighted by Crippen LogP contribution is -2.23. The van der Waals surface area contributed by atoms with Gasteiger partial charge in [0.1, 0.15) is 0 Å². The molecule has 0 saturated heterocycles. The molecular weight excluding hydrogens is 160 g/mol. The Hall–Kier alpha value is -1.36. The lowest BCUT2D eigenvalue weighted by atomic mass is 10.3. The van der Waals surface area contributed by atoms with Crippen LogP contribution in [0.1, 0.15) is 6.04 Å². The first-order valence-corrected chi connectivity index (χ1v) is 3.46. The van der Waals surface area contributed by atoms with Gasteiger partial charge in [-0.25, -0.2) is 4.79 Å². The average Bonchev–Trinajstić information content (AvgIpc) is 2.51. The van der Waals surface area contributed by atoms with Crippen LogP contribution in [0.4, 0.5) is 0 Å². The molecule has 0 aliphatic heterocycles. The van der Waals surface area contributed by atoms with Gasteiger partial charge in [-0.2, -0.15) is 5.10 Å². The smallest absolute Gasteiger partial charge is 0.330 e. The Morgan fingerprint density at radius 2 is 2.58 bits per heavy atom. The molecule has 0 amide bonds. The van der Waals surface area contributed by atoms with Gasteiger partial charge >= 0.3 is 5.97 Å². The molecule has 1 heterocycles. The molecule has 0 aliphatic carbocycles. The molecule has 66 valence electrons. The average molecular weight is 170 g/mol. The van der Waals surface area contributed by atoms with Crippen LogP contribution >= 0.6 is 0 Å². The van der Waals surface area contributed by atoms with Gasteiger partial charge < -0.3 is 9.84 Å². The number of carboxylic acids is 1. The molecule has 0 radical (unpaired) electrons. The number of rotatable bonds is 4. The van der Waals surface area contributed by atoms with Crippen molar-refractivity contribution in [1.29, 1.82) is 0 Å². The molecule has 0 spiro atoms. The second kappa shape index (κ2) is 3.87. The summed E-state index contributed by atoms with van der Waals surface area (Å²) in [6.07, 6.45) is 3.13. The van der Waals surface area contributed by atoms with E-state index in [-0.39, 0.29) is 6.61 Å². The number of aliphatic carboxylic acids is 1. The molecular formula is C7H10N2O3. The Morgan fingerprint density at radius 1 is 1.83 bits per heavy atom. The molecule has 1 unspecified atom stereocenters. The van der Waals surface area contributed by atoms with Crippen LogP contribution in [0.3, 0.4) is 0 Å². The van der Waals surface area contributed by atoms with Crippen molar-refractivity contribution >= 4 is 5.97 Å². The summed E-state index contributed by atoms with van der Waals surface area (Å²) in [5.41, 5.74) is 0. The van der Waals surface area contributed by atoms with Crippen molar-refractivity contribution in [3.05, 3.63) is 18.5 Å². The van der Waals surface area contributed by atoms with E-state index in [1.165, 1.54) is 18.0 Å². The van der Waals surface area contributed by atoms with E-state index < -0.39 is 12.0 Å². The Labute approximate surface area is 69.6 Å². The highest BCUT2D eigenvalue weighted by Gasteiger charge is 2.18. The van der Waals surface area contributed by atoms with Crippen LogP contribution < -0.4 is 0 Å². The van der Waals surface area contributed by atoms with E-state index >= 15 is 0 Å². The highest BCUT2D eigenvalue weighted by atomic mass is 16.5. The first-order chi connectivity index (χ1) is 5.75. The maximum absolute atomic E-state index is 10.6. The molecule has 1 aromatic heterocycles. The summed E-state index contributed by atoms with van der Waals surface area (Å²) >= 11 is 0. The molecule has 0 bridgehead atoms. The Morgan fingerprint density at radius 3 is 3.00 bits per heavy atom. The highest BCUT2D eigenvalue weighted by Crippen LogP contribution is 2.04. The standard InChI is InChI=1S/C7H10N2O3/c1-12-5-6(7(10)11)9-4-2-3-8-9/h2-4,6H,5H2,1H3,(H,10,11). The molecule has 1 aromatic rings. The summed E-state index contributed by atoms with van der Waals surface area (Å²) in [4.78, 5) is 10.6. The van der Waals surface area contributed by atoms with E-state index in [0.29, 0.717) is 0 Å². The number of hydrogen-bond donors (Lipinski definition) is 1. The van der Waals surface area contributed by atoms with Crippen LogP contribution in [-0.2, 0) is 9.53 Å². The maximum Gasteiger partial charge on any atom is 0.330 e. The molecule has 0 fully saturated rings. The molecule has 5 heteroatoms. The summed E-state index contributed by atoms with van der Waals surface area (Å²) in [5.74, 6) is -0.944. The van der Waals surface area contributed by atoms with Gasteiger partial charge in [-0.15, -0.1) is 0 Å². The van der Waals surface area contributed by atoms with Crippen LogP contribution in [0, 0.1) is 0 Å². The van der Waals surface area contributed by atoms with Gasteiger partial charge in [0.25, 0.3) is 0 Å². The van der Waals surface area contributed by atoms with Gasteiger partial charge in [0.05, 0.1) is 6.61 Å². The fourth-order valence-corrected chi connectivity index (χ4v) is 0.884. The van der Waals surface area contributed by atoms with E-state index in [1.54, 1.807) is 12.3 Å². The molecule has 12 heavy (non-hydrogen) atoms. The van der Waals surface area contributed by atoms with E-state index in [9.17, 15) is 4.79 Å². The quantitative estimate of drug-likeness (QED) is 0.698. The number of methoxy groups -OCH3 is 1. The predicted molar refractivity (Wildman–Crippen MR) is 40.8 cm³/mol. The highest BCUT2D eigenvalue weighted by molar-refractivity contribution is 5.71. The monoisotopic (exact) mass is 170 g/mol. The zero-order valence-corrected chi connectivity index (χ0v) is 6.67. The van der Waals surface area contributed by atoms with Crippen LogP contribution in [-0.4, -0.2) is 34.6 Å². The number of carboxylic acid groups (broad SMARTS) is 1. The minimum absolute atomic E-state index is 0.122. The van der Waals surface area contributed by atoms with Crippen molar-refractivity contribution in [1.82, 2.24) is 9.78 Å². The lowest BCUT2D eigenvalue weighted by Gasteiger charge is -2.10. The lowest BCUT2D eigenvalue weighted by molar-refractivity contribution is -0.142. The minimum Gasteiger partial charge on any atom is -0.480 e. The van der Waals surface area contributed by atoms with Gasteiger partial charge in [-0.05, 0) is 6.07 Å². The minimum atomic E-state index is -0.944. The normalized spacial score (nSPS) is 12.8. The van der Waals surface area contributed by atoms with Crippen LogP contribution in [0.2, 0.25) is 0 Å². The van der Waals surface area contributed by atoms with E-state index in [2.05, 4.69) is 5.10 Å². The zero-order valence-electron chi connectivity index (χ0n) is 6.67. The maximum atomic E-state index is 10.6. The molecule has 5 nitrogen and oxygen atoms in total. The summed E-state index contributed by atoms with van der Waals surface area (Å²) in [7, 11) is 1.46. The first kappa shape index (κ1) is 8.73. The van der Waals surface area contributed by atoms with E-state index in [1.807, 2.05) is 0 Å². The number of carbonyl (C=O) groups is 1. The number of nitrogens with zero attached hydrogens (tertiary/aromatic N) is 2. The second-order valence-corrected chi connectivity index (χ2v) is 2.30. The van der Waals surface area contributed by atoms with Crippen molar-refractivity contribution in [2.45, 2.75) is 6.04 Å². The summed E-state index contributed by atoms with van der Waals surface area (Å²) in [6.45, 7) is 0.122. The second-order valence-electron chi connectivity index (χ2n) is 2.30. The first-order valence-electron chi connectivity index (χ1n) is 3.46. The van der Waals surface area contributed by atoms with Crippen molar-refractivity contribution in [3.8, 4) is 0 Å². The van der Waals surface area contributed by atoms with Crippen LogP contribution in [0.25, 0.3) is 0 Å². The fraction of sp³-hybridized carbons (Fsp3) is 0.429. The molecule has 0 aromatic carbocycles. The van der Waals surface area contributed by atoms with Crippen molar-refractivity contribution < 1.29 is 14.6 Å². The summed E-state index contributed by atoms with van der Waals surface area (Å²) in [5, 5.41) is 12.5. The zero-order chi connectivity index (χ0) is 8.97. The van der Waals surface area contributed by atoms with Crippen molar-refractivity contribution in [2.75, 3.05) is 13.7 Å². The predicted octanol–water partition coefficient (Wildman–Crippen LogP) is 0.155. The van der Waals surface area contributed by atoms with Gasteiger partial charge in [0, 0.05) is 19.5 Å². The number of hydrogen-bond acceptors (Lipinski definition) is 3. The van der Waals surface area contributed by atoms with Gasteiger partial charge in [-0.3, -0.25) is 4.68 Å². The van der Waals surface area contributed by atoms with Gasteiger partial charge in [0.15, 0.2) is 6.04 Å². The van der Waals surface area contributed by atoms with Gasteiger partial charge in [0.2, 0.25) is 0 Å². The molecule has 1 rings (SSSR count). The Kier molecular flexibility index (Phi) is 2.82. The third-order valence-electron chi connectivity index (χ3n) is 1.45. The van der Waals surface area contributed by atoms with Crippen LogP contribution in [0.5, 0.6) is 0 Å². The topological polar surface area (TPSA) is 64.3 Å². The van der Waals surface area contributed by atoms with E-state index in [4.69, 9.17) is 9.84 Å². The van der Waals surface area contributed by atoms with Crippen molar-refractivity contribution in [3.63, 3.8) is 0 Å². The fourth-order valence-electron chi connectivity index (χ4n) is 0.884. The molecule has 1 atom stereocenters. The number of ether oxygens (including phenoxy) is 1. The van der Waals surface area contributed by atoms with Crippen molar-refractivity contribution in [2.24, 2.45) is 0 Å². The Bertz CT molecular complexity index is 245. The SMILES string of the molecule is COCC(C(=O)O)n1cccn1. The largest absolute Gasteiger partial charge is 0.480 e. The van der Waals surface area contributed by atoms with E-state index in [0.717, 1.165) is 0 Å². The summed E-state index contributed by atoms with van der Waals surface area (Å²) in [6, 6.07) is 0.941. The third kappa shape index (κ3) is 1.82. The molecule has 0 saturated carbocycles. The summed E-state index contributed by atoms with van der Waals surface area (Å²) < 4.78 is 6.10. The third-order valence-corrected chi connectivity index (χ3v) is 1.45.